The smallest absolute Gasteiger partial charge is 0.416 e. The molecule has 0 saturated heterocycles. The number of carbonyl (C=O) groups excluding carboxylic acids is 3. The summed E-state index contributed by atoms with van der Waals surface area (Å²) in [7, 11) is 0. The van der Waals surface area contributed by atoms with E-state index in [4.69, 9.17) is 9.47 Å². The Balaban J connectivity index is 1.74. The van der Waals surface area contributed by atoms with E-state index in [-0.39, 0.29) is 19.1 Å². The molecule has 3 aromatic rings. The highest BCUT2D eigenvalue weighted by Crippen LogP contribution is 2.51. The van der Waals surface area contributed by atoms with Crippen LogP contribution in [0.4, 0.5) is 21.0 Å². The molecule has 0 saturated carbocycles. The molecule has 5 rings (SSSR count). The lowest BCUT2D eigenvalue weighted by atomic mass is 9.87. The van der Waals surface area contributed by atoms with Crippen LogP contribution in [0.2, 0.25) is 0 Å². The van der Waals surface area contributed by atoms with Crippen LogP contribution < -0.4 is 15.1 Å². The van der Waals surface area contributed by atoms with E-state index >= 15 is 0 Å². The van der Waals surface area contributed by atoms with Crippen LogP contribution in [0.25, 0.3) is 5.57 Å². The molecule has 3 aromatic carbocycles. The van der Waals surface area contributed by atoms with Gasteiger partial charge >= 0.3 is 12.2 Å². The van der Waals surface area contributed by atoms with Crippen molar-refractivity contribution in [2.24, 2.45) is 0 Å². The fourth-order valence-corrected chi connectivity index (χ4v) is 4.92. The first-order chi connectivity index (χ1) is 18.0. The molecule has 2 aliphatic rings. The number of amides is 3. The summed E-state index contributed by atoms with van der Waals surface area (Å²) in [5.74, 6) is -0.222. The van der Waals surface area contributed by atoms with Crippen LogP contribution >= 0.6 is 0 Å². The average Bonchev–Trinajstić information content (AvgIpc) is 3.17. The van der Waals surface area contributed by atoms with Gasteiger partial charge in [0.2, 0.25) is 0 Å². The van der Waals surface area contributed by atoms with Gasteiger partial charge in [0.15, 0.2) is 5.66 Å². The number of anilines is 2. The second kappa shape index (κ2) is 9.81. The molecule has 1 N–H and O–H groups in total. The van der Waals surface area contributed by atoms with Gasteiger partial charge in [-0.25, -0.2) is 14.5 Å². The number of nitrogens with zero attached hydrogens (tertiary/aromatic N) is 2. The highest BCUT2D eigenvalue weighted by molar-refractivity contribution is 6.35. The summed E-state index contributed by atoms with van der Waals surface area (Å²) in [6.07, 6.45) is 0.236. The van der Waals surface area contributed by atoms with Crippen molar-refractivity contribution >= 4 is 35.0 Å². The van der Waals surface area contributed by atoms with Gasteiger partial charge in [-0.1, -0.05) is 66.7 Å². The standard InChI is InChI=1S/C29H27N3O5/c1-3-36-27(34)30-29(21-14-9-6-10-15-21)18-22-25-23(16-11-17-24(25)32(29)28(35)37-4-2)31(26(22)33)19-20-12-7-5-8-13-20/h5-18H,3-4,19H2,1-2H3,(H,30,34)/t29-/m0/s1. The zero-order valence-corrected chi connectivity index (χ0v) is 20.6. The van der Waals surface area contributed by atoms with E-state index in [1.807, 2.05) is 42.5 Å². The lowest BCUT2D eigenvalue weighted by Gasteiger charge is -2.44. The SMILES string of the molecule is CCOC(=O)N[C@@]1(c2ccccc2)C=C2C(=O)N(Cc3ccccc3)c3cccc(c32)N1C(=O)OCC. The minimum absolute atomic E-state index is 0.129. The van der Waals surface area contributed by atoms with Crippen molar-refractivity contribution in [1.29, 1.82) is 0 Å². The van der Waals surface area contributed by atoms with Crippen molar-refractivity contribution in [3.63, 3.8) is 0 Å². The van der Waals surface area contributed by atoms with Crippen molar-refractivity contribution in [3.8, 4) is 0 Å². The van der Waals surface area contributed by atoms with E-state index in [0.29, 0.717) is 34.6 Å². The first kappa shape index (κ1) is 24.1. The normalized spacial score (nSPS) is 17.7. The number of benzene rings is 3. The molecular weight excluding hydrogens is 470 g/mol. The maximum Gasteiger partial charge on any atom is 0.416 e. The third kappa shape index (κ3) is 4.10. The molecule has 1 atom stereocenters. The second-order valence-electron chi connectivity index (χ2n) is 8.62. The average molecular weight is 498 g/mol. The number of alkyl carbamates (subject to hydrolysis) is 1. The lowest BCUT2D eigenvalue weighted by molar-refractivity contribution is -0.113. The van der Waals surface area contributed by atoms with E-state index in [2.05, 4.69) is 5.32 Å². The second-order valence-corrected chi connectivity index (χ2v) is 8.62. The van der Waals surface area contributed by atoms with Gasteiger partial charge in [0.1, 0.15) is 0 Å². The number of carbonyl (C=O) groups is 3. The van der Waals surface area contributed by atoms with Crippen LogP contribution in [-0.4, -0.2) is 31.3 Å². The summed E-state index contributed by atoms with van der Waals surface area (Å²) >= 11 is 0. The van der Waals surface area contributed by atoms with Gasteiger partial charge in [-0.2, -0.15) is 0 Å². The number of ether oxygens (including phenoxy) is 2. The van der Waals surface area contributed by atoms with Gasteiger partial charge in [-0.3, -0.25) is 10.1 Å². The molecule has 2 heterocycles. The Morgan fingerprint density at radius 1 is 0.838 bits per heavy atom. The molecule has 188 valence electrons. The predicted molar refractivity (Wildman–Crippen MR) is 140 cm³/mol. The topological polar surface area (TPSA) is 88.2 Å². The molecule has 37 heavy (non-hydrogen) atoms. The fourth-order valence-electron chi connectivity index (χ4n) is 4.92. The number of nitrogens with one attached hydrogen (secondary N) is 1. The molecule has 2 aliphatic heterocycles. The number of hydrogen-bond donors (Lipinski definition) is 1. The molecule has 0 aliphatic carbocycles. The summed E-state index contributed by atoms with van der Waals surface area (Å²) in [6.45, 7) is 4.03. The third-order valence-electron chi connectivity index (χ3n) is 6.42. The van der Waals surface area contributed by atoms with Crippen LogP contribution in [0.5, 0.6) is 0 Å². The quantitative estimate of drug-likeness (QED) is 0.506. The molecule has 8 nitrogen and oxygen atoms in total. The summed E-state index contributed by atoms with van der Waals surface area (Å²) in [6, 6.07) is 24.1. The Labute approximate surface area is 215 Å². The molecule has 8 heteroatoms. The first-order valence-electron chi connectivity index (χ1n) is 12.2. The summed E-state index contributed by atoms with van der Waals surface area (Å²) < 4.78 is 10.7. The van der Waals surface area contributed by atoms with Crippen LogP contribution in [0.3, 0.4) is 0 Å². The van der Waals surface area contributed by atoms with Crippen LogP contribution in [0.15, 0.2) is 84.9 Å². The minimum atomic E-state index is -1.57. The van der Waals surface area contributed by atoms with Crippen LogP contribution in [-0.2, 0) is 26.5 Å². The number of hydrogen-bond acceptors (Lipinski definition) is 5. The largest absolute Gasteiger partial charge is 0.450 e. The Hall–Kier alpha value is -4.59. The molecule has 0 spiro atoms. The van der Waals surface area contributed by atoms with Gasteiger partial charge in [-0.15, -0.1) is 0 Å². The minimum Gasteiger partial charge on any atom is -0.450 e. The fraction of sp³-hybridized carbons (Fsp3) is 0.207. The zero-order chi connectivity index (χ0) is 26.0. The Morgan fingerprint density at radius 3 is 2.16 bits per heavy atom. The van der Waals surface area contributed by atoms with Crippen molar-refractivity contribution in [3.05, 3.63) is 102 Å². The highest BCUT2D eigenvalue weighted by Gasteiger charge is 2.51. The monoisotopic (exact) mass is 497 g/mol. The van der Waals surface area contributed by atoms with E-state index < -0.39 is 17.8 Å². The summed E-state index contributed by atoms with van der Waals surface area (Å²) in [5.41, 5.74) is 2.11. The predicted octanol–water partition coefficient (Wildman–Crippen LogP) is 5.19. The van der Waals surface area contributed by atoms with Crippen LogP contribution in [0, 0.1) is 0 Å². The molecule has 0 radical (unpaired) electrons. The van der Waals surface area contributed by atoms with Crippen LogP contribution in [0.1, 0.15) is 30.5 Å². The summed E-state index contributed by atoms with van der Waals surface area (Å²) in [4.78, 5) is 43.4. The number of rotatable bonds is 6. The van der Waals surface area contributed by atoms with Crippen molar-refractivity contribution in [2.75, 3.05) is 23.0 Å². The maximum absolute atomic E-state index is 13.9. The highest BCUT2D eigenvalue weighted by atomic mass is 16.6. The lowest BCUT2D eigenvalue weighted by Crippen LogP contribution is -2.61. The molecule has 3 amide bonds. The molecule has 0 aromatic heterocycles. The van der Waals surface area contributed by atoms with E-state index in [0.717, 1.165) is 5.56 Å². The van der Waals surface area contributed by atoms with Crippen molar-refractivity contribution in [1.82, 2.24) is 5.32 Å². The first-order valence-corrected chi connectivity index (χ1v) is 12.2. The summed E-state index contributed by atoms with van der Waals surface area (Å²) in [5, 5.41) is 2.87. The van der Waals surface area contributed by atoms with E-state index in [9.17, 15) is 14.4 Å². The zero-order valence-electron chi connectivity index (χ0n) is 20.6. The Kier molecular flexibility index (Phi) is 6.40. The molecule has 0 unspecified atom stereocenters. The Morgan fingerprint density at radius 2 is 1.49 bits per heavy atom. The third-order valence-corrected chi connectivity index (χ3v) is 6.42. The van der Waals surface area contributed by atoms with Gasteiger partial charge in [0, 0.05) is 11.1 Å². The van der Waals surface area contributed by atoms with E-state index in [1.54, 1.807) is 61.2 Å². The van der Waals surface area contributed by atoms with Crippen molar-refractivity contribution in [2.45, 2.75) is 26.1 Å². The van der Waals surface area contributed by atoms with Crippen molar-refractivity contribution < 1.29 is 23.9 Å². The van der Waals surface area contributed by atoms with Gasteiger partial charge < -0.3 is 14.4 Å². The van der Waals surface area contributed by atoms with Gasteiger partial charge in [-0.05, 0) is 37.6 Å². The molecule has 0 fully saturated rings. The maximum atomic E-state index is 13.9. The van der Waals surface area contributed by atoms with Gasteiger partial charge in [0.05, 0.1) is 36.7 Å². The molecular formula is C29H27N3O5. The van der Waals surface area contributed by atoms with E-state index in [1.165, 1.54) is 4.90 Å². The van der Waals surface area contributed by atoms with Gasteiger partial charge in [0.25, 0.3) is 5.91 Å². The molecule has 0 bridgehead atoms. The Bertz CT molecular complexity index is 1370.